The first-order valence-corrected chi connectivity index (χ1v) is 9.26. The van der Waals surface area contributed by atoms with E-state index in [0.29, 0.717) is 12.2 Å². The van der Waals surface area contributed by atoms with Gasteiger partial charge in [-0.3, -0.25) is 9.59 Å². The van der Waals surface area contributed by atoms with Gasteiger partial charge in [0.15, 0.2) is 0 Å². The molecular formula is C18H30F3NO2. The molecular weight excluding hydrogens is 319 g/mol. The average molecular weight is 349 g/mol. The molecule has 0 aliphatic heterocycles. The average Bonchev–Trinajstić information content (AvgIpc) is 2.53. The van der Waals surface area contributed by atoms with E-state index in [1.165, 1.54) is 25.7 Å². The highest BCUT2D eigenvalue weighted by molar-refractivity contribution is 5.81. The number of hydrogen-bond acceptors (Lipinski definition) is 2. The minimum Gasteiger partial charge on any atom is -0.348 e. The highest BCUT2D eigenvalue weighted by atomic mass is 19.4. The summed E-state index contributed by atoms with van der Waals surface area (Å²) in [7, 11) is 0. The lowest BCUT2D eigenvalue weighted by molar-refractivity contribution is -0.173. The van der Waals surface area contributed by atoms with E-state index in [4.69, 9.17) is 0 Å². The zero-order valence-electron chi connectivity index (χ0n) is 14.4. The van der Waals surface area contributed by atoms with Crippen molar-refractivity contribution in [1.82, 2.24) is 5.32 Å². The van der Waals surface area contributed by atoms with Gasteiger partial charge in [0, 0.05) is 19.4 Å². The zero-order chi connectivity index (χ0) is 17.8. The SMILES string of the molecule is O=C1CCC(CCCCCCCCCCNC(=O)C(F)(F)F)CC1. The lowest BCUT2D eigenvalue weighted by Gasteiger charge is -2.20. The van der Waals surface area contributed by atoms with E-state index in [0.717, 1.165) is 57.3 Å². The van der Waals surface area contributed by atoms with Crippen molar-refractivity contribution in [1.29, 1.82) is 0 Å². The van der Waals surface area contributed by atoms with Crippen LogP contribution in [0, 0.1) is 5.92 Å². The Morgan fingerprint density at radius 1 is 0.917 bits per heavy atom. The van der Waals surface area contributed by atoms with Crippen molar-refractivity contribution in [2.45, 2.75) is 89.6 Å². The first-order chi connectivity index (χ1) is 11.4. The molecule has 0 aromatic heterocycles. The second-order valence-corrected chi connectivity index (χ2v) is 6.85. The maximum Gasteiger partial charge on any atom is 0.471 e. The van der Waals surface area contributed by atoms with Crippen LogP contribution >= 0.6 is 0 Å². The molecule has 0 aromatic carbocycles. The van der Waals surface area contributed by atoms with Crippen LogP contribution in [-0.2, 0) is 9.59 Å². The number of halogens is 3. The van der Waals surface area contributed by atoms with Gasteiger partial charge in [-0.1, -0.05) is 51.4 Å². The van der Waals surface area contributed by atoms with Crippen molar-refractivity contribution in [3.63, 3.8) is 0 Å². The summed E-state index contributed by atoms with van der Waals surface area (Å²) < 4.78 is 35.8. The van der Waals surface area contributed by atoms with Crippen molar-refractivity contribution in [2.75, 3.05) is 6.54 Å². The lowest BCUT2D eigenvalue weighted by Crippen LogP contribution is -2.37. The zero-order valence-corrected chi connectivity index (χ0v) is 14.4. The molecule has 0 unspecified atom stereocenters. The normalized spacial score (nSPS) is 16.4. The van der Waals surface area contributed by atoms with Crippen LogP contribution in [0.1, 0.15) is 83.5 Å². The van der Waals surface area contributed by atoms with E-state index in [9.17, 15) is 22.8 Å². The van der Waals surface area contributed by atoms with Crippen molar-refractivity contribution in [3.05, 3.63) is 0 Å². The van der Waals surface area contributed by atoms with Crippen LogP contribution in [-0.4, -0.2) is 24.4 Å². The maximum atomic E-state index is 11.9. The summed E-state index contributed by atoms with van der Waals surface area (Å²) in [6.07, 6.45) is 8.56. The Morgan fingerprint density at radius 2 is 1.42 bits per heavy atom. The van der Waals surface area contributed by atoms with Crippen LogP contribution in [0.2, 0.25) is 0 Å². The number of ketones is 1. The fourth-order valence-corrected chi connectivity index (χ4v) is 3.21. The number of amides is 1. The van der Waals surface area contributed by atoms with Gasteiger partial charge >= 0.3 is 12.1 Å². The smallest absolute Gasteiger partial charge is 0.348 e. The third-order valence-corrected chi connectivity index (χ3v) is 4.75. The number of carbonyl (C=O) groups excluding carboxylic acids is 2. The number of alkyl halides is 3. The van der Waals surface area contributed by atoms with Crippen molar-refractivity contribution in [3.8, 4) is 0 Å². The van der Waals surface area contributed by atoms with Crippen molar-refractivity contribution >= 4 is 11.7 Å². The molecule has 0 radical (unpaired) electrons. The topological polar surface area (TPSA) is 46.2 Å². The van der Waals surface area contributed by atoms with E-state index in [1.54, 1.807) is 0 Å². The van der Waals surface area contributed by atoms with Crippen LogP contribution in [0.5, 0.6) is 0 Å². The minimum atomic E-state index is -4.77. The fraction of sp³-hybridized carbons (Fsp3) is 0.889. The molecule has 0 heterocycles. The summed E-state index contributed by atoms with van der Waals surface area (Å²) in [5.41, 5.74) is 0. The van der Waals surface area contributed by atoms with Gasteiger partial charge in [0.25, 0.3) is 0 Å². The standard InChI is InChI=1S/C18H30F3NO2/c19-18(20,21)17(24)22-14-8-6-4-2-1-3-5-7-9-15-10-12-16(23)13-11-15/h15H,1-14H2,(H,22,24). The summed E-state index contributed by atoms with van der Waals surface area (Å²) in [5, 5.41) is 1.89. The predicted octanol–water partition coefficient (Wildman–Crippen LogP) is 4.94. The molecule has 1 saturated carbocycles. The largest absolute Gasteiger partial charge is 0.471 e. The molecule has 1 rings (SSSR count). The van der Waals surface area contributed by atoms with Gasteiger partial charge in [-0.2, -0.15) is 13.2 Å². The Balaban J connectivity index is 1.81. The Bertz CT molecular complexity index is 373. The van der Waals surface area contributed by atoms with Gasteiger partial charge in [0.2, 0.25) is 0 Å². The van der Waals surface area contributed by atoms with Gasteiger partial charge in [-0.15, -0.1) is 0 Å². The number of Topliss-reactive ketones (excluding diaryl/α,β-unsaturated/α-hetero) is 1. The van der Waals surface area contributed by atoms with Crippen LogP contribution in [0.3, 0.4) is 0 Å². The second kappa shape index (κ2) is 11.5. The summed E-state index contributed by atoms with van der Waals surface area (Å²) in [6.45, 7) is 0.0994. The molecule has 0 aromatic rings. The van der Waals surface area contributed by atoms with Gasteiger partial charge in [0.1, 0.15) is 5.78 Å². The van der Waals surface area contributed by atoms with Gasteiger partial charge < -0.3 is 5.32 Å². The molecule has 3 nitrogen and oxygen atoms in total. The third-order valence-electron chi connectivity index (χ3n) is 4.75. The van der Waals surface area contributed by atoms with Crippen LogP contribution in [0.25, 0.3) is 0 Å². The molecule has 1 fully saturated rings. The van der Waals surface area contributed by atoms with Crippen molar-refractivity contribution < 1.29 is 22.8 Å². The van der Waals surface area contributed by atoms with E-state index in [1.807, 2.05) is 5.32 Å². The Hall–Kier alpha value is -1.07. The van der Waals surface area contributed by atoms with Gasteiger partial charge in [-0.25, -0.2) is 0 Å². The summed E-state index contributed by atoms with van der Waals surface area (Å²) in [6, 6.07) is 0. The predicted molar refractivity (Wildman–Crippen MR) is 87.6 cm³/mol. The lowest BCUT2D eigenvalue weighted by atomic mass is 9.85. The highest BCUT2D eigenvalue weighted by Crippen LogP contribution is 2.26. The maximum absolute atomic E-state index is 11.9. The summed E-state index contributed by atoms with van der Waals surface area (Å²) in [4.78, 5) is 21.7. The first-order valence-electron chi connectivity index (χ1n) is 9.26. The molecule has 0 bridgehead atoms. The second-order valence-electron chi connectivity index (χ2n) is 6.85. The number of unbranched alkanes of at least 4 members (excludes halogenated alkanes) is 7. The fourth-order valence-electron chi connectivity index (χ4n) is 3.21. The molecule has 1 amide bonds. The monoisotopic (exact) mass is 349 g/mol. The molecule has 1 N–H and O–H groups in total. The Kier molecular flexibility index (Phi) is 10.0. The molecule has 0 saturated heterocycles. The van der Waals surface area contributed by atoms with Gasteiger partial charge in [-0.05, 0) is 25.2 Å². The molecule has 24 heavy (non-hydrogen) atoms. The summed E-state index contributed by atoms with van der Waals surface area (Å²) in [5.74, 6) is -0.677. The van der Waals surface area contributed by atoms with E-state index in [2.05, 4.69) is 0 Å². The minimum absolute atomic E-state index is 0.0994. The van der Waals surface area contributed by atoms with Crippen molar-refractivity contribution in [2.24, 2.45) is 5.92 Å². The number of rotatable bonds is 11. The van der Waals surface area contributed by atoms with E-state index in [-0.39, 0.29) is 6.54 Å². The highest BCUT2D eigenvalue weighted by Gasteiger charge is 2.38. The molecule has 0 spiro atoms. The van der Waals surface area contributed by atoms with Crippen LogP contribution in [0.4, 0.5) is 13.2 Å². The molecule has 0 atom stereocenters. The Labute approximate surface area is 142 Å². The summed E-state index contributed by atoms with van der Waals surface area (Å²) >= 11 is 0. The molecule has 1 aliphatic carbocycles. The van der Waals surface area contributed by atoms with E-state index < -0.39 is 12.1 Å². The number of hydrogen-bond donors (Lipinski definition) is 1. The number of nitrogens with one attached hydrogen (secondary N) is 1. The van der Waals surface area contributed by atoms with Crippen LogP contribution in [0.15, 0.2) is 0 Å². The molecule has 140 valence electrons. The quantitative estimate of drug-likeness (QED) is 0.537. The first kappa shape index (κ1) is 21.0. The third kappa shape index (κ3) is 9.93. The van der Waals surface area contributed by atoms with Crippen LogP contribution < -0.4 is 5.32 Å². The van der Waals surface area contributed by atoms with Gasteiger partial charge in [0.05, 0.1) is 0 Å². The molecule has 1 aliphatic rings. The number of carbonyl (C=O) groups is 2. The van der Waals surface area contributed by atoms with E-state index >= 15 is 0 Å². The Morgan fingerprint density at radius 3 is 1.96 bits per heavy atom. The molecule has 6 heteroatoms.